The topological polar surface area (TPSA) is 89.8 Å². The second-order valence-corrected chi connectivity index (χ2v) is 5.45. The van der Waals surface area contributed by atoms with Crippen LogP contribution in [0.3, 0.4) is 0 Å². The molecule has 0 saturated heterocycles. The van der Waals surface area contributed by atoms with Crippen molar-refractivity contribution in [3.63, 3.8) is 0 Å². The lowest BCUT2D eigenvalue weighted by Crippen LogP contribution is -2.30. The lowest BCUT2D eigenvalue weighted by molar-refractivity contribution is -0.117. The van der Waals surface area contributed by atoms with E-state index in [1.165, 1.54) is 17.2 Å². The summed E-state index contributed by atoms with van der Waals surface area (Å²) < 4.78 is 1.20. The van der Waals surface area contributed by atoms with Crippen LogP contribution in [-0.2, 0) is 17.8 Å². The van der Waals surface area contributed by atoms with Gasteiger partial charge in [0.2, 0.25) is 5.91 Å². The summed E-state index contributed by atoms with van der Waals surface area (Å²) in [5, 5.41) is 8.39. The Bertz CT molecular complexity index is 950. The number of rotatable bonds is 4. The monoisotopic (exact) mass is 323 g/mol. The molecule has 1 amide bonds. The molecule has 7 heteroatoms. The molecule has 0 aliphatic carbocycles. The van der Waals surface area contributed by atoms with E-state index in [0.29, 0.717) is 17.6 Å². The van der Waals surface area contributed by atoms with Gasteiger partial charge in [0.1, 0.15) is 18.7 Å². The quantitative estimate of drug-likeness (QED) is 0.789. The third kappa shape index (κ3) is 3.15. The van der Waals surface area contributed by atoms with Gasteiger partial charge in [-0.15, -0.1) is 0 Å². The van der Waals surface area contributed by atoms with Crippen molar-refractivity contribution in [2.24, 2.45) is 0 Å². The zero-order valence-electron chi connectivity index (χ0n) is 13.5. The predicted molar refractivity (Wildman–Crippen MR) is 90.8 cm³/mol. The Morgan fingerprint density at radius 1 is 1.25 bits per heavy atom. The van der Waals surface area contributed by atoms with Crippen LogP contribution in [0.25, 0.3) is 10.8 Å². The number of anilines is 1. The Hall–Kier alpha value is -3.09. The zero-order valence-corrected chi connectivity index (χ0v) is 13.5. The number of hydrogen-bond acceptors (Lipinski definition) is 5. The van der Waals surface area contributed by atoms with Crippen LogP contribution >= 0.6 is 0 Å². The molecule has 3 aromatic rings. The Labute approximate surface area is 138 Å². The standard InChI is InChI=1S/C17H17N5O2/c1-3-14-13-8-11(2)4-5-12(13)17(24)22(21-14)9-16(23)20-15-6-7-18-10-19-15/h4-8,10H,3,9H2,1-2H3,(H,18,19,20,23). The summed E-state index contributed by atoms with van der Waals surface area (Å²) in [5.74, 6) is 0.0204. The Kier molecular flexibility index (Phi) is 4.33. The molecule has 0 radical (unpaired) electrons. The Morgan fingerprint density at radius 2 is 2.08 bits per heavy atom. The molecule has 3 rings (SSSR count). The molecular formula is C17H17N5O2. The fraction of sp³-hybridized carbons (Fsp3) is 0.235. The molecule has 0 unspecified atom stereocenters. The van der Waals surface area contributed by atoms with Gasteiger partial charge >= 0.3 is 0 Å². The number of hydrogen-bond donors (Lipinski definition) is 1. The largest absolute Gasteiger partial charge is 0.309 e. The van der Waals surface area contributed by atoms with Gasteiger partial charge in [0.05, 0.1) is 11.1 Å². The van der Waals surface area contributed by atoms with Crippen molar-refractivity contribution in [2.45, 2.75) is 26.8 Å². The van der Waals surface area contributed by atoms with Crippen LogP contribution in [-0.4, -0.2) is 25.7 Å². The van der Waals surface area contributed by atoms with E-state index in [0.717, 1.165) is 16.6 Å². The molecule has 0 aliphatic heterocycles. The van der Waals surface area contributed by atoms with Gasteiger partial charge in [-0.2, -0.15) is 5.10 Å². The van der Waals surface area contributed by atoms with E-state index < -0.39 is 0 Å². The number of fused-ring (bicyclic) bond motifs is 1. The summed E-state index contributed by atoms with van der Waals surface area (Å²) in [6.07, 6.45) is 3.54. The summed E-state index contributed by atoms with van der Waals surface area (Å²) >= 11 is 0. The molecule has 0 aliphatic rings. The van der Waals surface area contributed by atoms with Crippen LogP contribution in [0.1, 0.15) is 18.2 Å². The Balaban J connectivity index is 1.95. The number of carbonyl (C=O) groups excluding carboxylic acids is 1. The SMILES string of the molecule is CCc1nn(CC(=O)Nc2ccncn2)c(=O)c2ccc(C)cc12. The first-order valence-corrected chi connectivity index (χ1v) is 7.64. The van der Waals surface area contributed by atoms with Crippen molar-refractivity contribution >= 4 is 22.5 Å². The van der Waals surface area contributed by atoms with Gasteiger partial charge < -0.3 is 5.32 Å². The van der Waals surface area contributed by atoms with Crippen molar-refractivity contribution in [3.8, 4) is 0 Å². The minimum Gasteiger partial charge on any atom is -0.309 e. The molecule has 24 heavy (non-hydrogen) atoms. The normalized spacial score (nSPS) is 10.8. The van der Waals surface area contributed by atoms with Crippen LogP contribution in [0, 0.1) is 6.92 Å². The van der Waals surface area contributed by atoms with Gasteiger partial charge in [-0.25, -0.2) is 14.6 Å². The zero-order chi connectivity index (χ0) is 17.1. The highest BCUT2D eigenvalue weighted by Gasteiger charge is 2.12. The number of nitrogens with one attached hydrogen (secondary N) is 1. The van der Waals surface area contributed by atoms with Gasteiger partial charge in [0, 0.05) is 11.6 Å². The Morgan fingerprint density at radius 3 is 2.79 bits per heavy atom. The number of amides is 1. The lowest BCUT2D eigenvalue weighted by atomic mass is 10.1. The maximum absolute atomic E-state index is 12.6. The molecule has 1 N–H and O–H groups in total. The van der Waals surface area contributed by atoms with Crippen LogP contribution in [0.4, 0.5) is 5.82 Å². The average molecular weight is 323 g/mol. The molecule has 0 spiro atoms. The van der Waals surface area contributed by atoms with Crippen molar-refractivity contribution in [3.05, 3.63) is 58.4 Å². The van der Waals surface area contributed by atoms with E-state index in [1.54, 1.807) is 12.1 Å². The minimum atomic E-state index is -0.364. The molecule has 2 heterocycles. The van der Waals surface area contributed by atoms with E-state index in [1.807, 2.05) is 26.0 Å². The number of aryl methyl sites for hydroxylation is 2. The summed E-state index contributed by atoms with van der Waals surface area (Å²) in [7, 11) is 0. The summed E-state index contributed by atoms with van der Waals surface area (Å²) in [6, 6.07) is 7.20. The minimum absolute atomic E-state index is 0.167. The molecule has 0 bridgehead atoms. The second kappa shape index (κ2) is 6.57. The highest BCUT2D eigenvalue weighted by atomic mass is 16.2. The average Bonchev–Trinajstić information content (AvgIpc) is 2.58. The fourth-order valence-electron chi connectivity index (χ4n) is 2.52. The van der Waals surface area contributed by atoms with Gasteiger partial charge in [-0.05, 0) is 31.5 Å². The van der Waals surface area contributed by atoms with Crippen molar-refractivity contribution < 1.29 is 4.79 Å². The third-order valence-corrected chi connectivity index (χ3v) is 3.67. The molecule has 0 fully saturated rings. The van der Waals surface area contributed by atoms with Crippen molar-refractivity contribution in [2.75, 3.05) is 5.32 Å². The maximum Gasteiger partial charge on any atom is 0.275 e. The molecular weight excluding hydrogens is 306 g/mol. The first-order chi connectivity index (χ1) is 11.6. The van der Waals surface area contributed by atoms with Gasteiger partial charge in [-0.3, -0.25) is 9.59 Å². The van der Waals surface area contributed by atoms with Crippen LogP contribution < -0.4 is 10.9 Å². The molecule has 1 aromatic carbocycles. The molecule has 122 valence electrons. The summed E-state index contributed by atoms with van der Waals surface area (Å²) in [5.41, 5.74) is 1.58. The van der Waals surface area contributed by atoms with E-state index in [-0.39, 0.29) is 18.0 Å². The highest BCUT2D eigenvalue weighted by molar-refractivity contribution is 5.90. The summed E-state index contributed by atoms with van der Waals surface area (Å²) in [6.45, 7) is 3.78. The van der Waals surface area contributed by atoms with Crippen LogP contribution in [0.5, 0.6) is 0 Å². The summed E-state index contributed by atoms with van der Waals surface area (Å²) in [4.78, 5) is 32.5. The first-order valence-electron chi connectivity index (χ1n) is 7.64. The third-order valence-electron chi connectivity index (χ3n) is 3.67. The number of nitrogens with zero attached hydrogens (tertiary/aromatic N) is 4. The van der Waals surface area contributed by atoms with Crippen LogP contribution in [0.2, 0.25) is 0 Å². The maximum atomic E-state index is 12.6. The molecule has 0 saturated carbocycles. The van der Waals surface area contributed by atoms with E-state index in [4.69, 9.17) is 0 Å². The number of benzene rings is 1. The molecule has 7 nitrogen and oxygen atoms in total. The van der Waals surface area contributed by atoms with E-state index >= 15 is 0 Å². The number of aromatic nitrogens is 4. The fourth-order valence-corrected chi connectivity index (χ4v) is 2.52. The second-order valence-electron chi connectivity index (χ2n) is 5.45. The smallest absolute Gasteiger partial charge is 0.275 e. The molecule has 0 atom stereocenters. The van der Waals surface area contributed by atoms with Crippen molar-refractivity contribution in [1.29, 1.82) is 0 Å². The van der Waals surface area contributed by atoms with Gasteiger partial charge in [0.25, 0.3) is 5.56 Å². The van der Waals surface area contributed by atoms with Gasteiger partial charge in [-0.1, -0.05) is 18.6 Å². The molecule has 2 aromatic heterocycles. The van der Waals surface area contributed by atoms with Crippen molar-refractivity contribution in [1.82, 2.24) is 19.7 Å². The van der Waals surface area contributed by atoms with E-state index in [2.05, 4.69) is 20.4 Å². The van der Waals surface area contributed by atoms with E-state index in [9.17, 15) is 9.59 Å². The van der Waals surface area contributed by atoms with Gasteiger partial charge in [0.15, 0.2) is 0 Å². The first kappa shape index (κ1) is 15.8. The highest BCUT2D eigenvalue weighted by Crippen LogP contribution is 2.16. The predicted octanol–water partition coefficient (Wildman–Crippen LogP) is 1.70. The number of carbonyl (C=O) groups is 1. The van der Waals surface area contributed by atoms with Crippen LogP contribution in [0.15, 0.2) is 41.6 Å². The lowest BCUT2D eigenvalue weighted by Gasteiger charge is -2.10.